The second kappa shape index (κ2) is 7.38. The van der Waals surface area contributed by atoms with Gasteiger partial charge < -0.3 is 15.8 Å². The first kappa shape index (κ1) is 15.7. The highest BCUT2D eigenvalue weighted by Crippen LogP contribution is 2.14. The van der Waals surface area contributed by atoms with Crippen LogP contribution in [-0.2, 0) is 11.3 Å². The molecule has 3 N–H and O–H groups in total. The normalized spacial score (nSPS) is 10.1. The van der Waals surface area contributed by atoms with Gasteiger partial charge in [-0.1, -0.05) is 18.2 Å². The Labute approximate surface area is 129 Å². The van der Waals surface area contributed by atoms with Crippen LogP contribution in [0.3, 0.4) is 0 Å². The molecule has 0 aliphatic rings. The molecule has 0 fully saturated rings. The van der Waals surface area contributed by atoms with Crippen molar-refractivity contribution in [2.24, 2.45) is 5.73 Å². The van der Waals surface area contributed by atoms with Crippen LogP contribution in [0.1, 0.15) is 33.2 Å². The fraction of sp³-hybridized carbons (Fsp3) is 0.176. The number of amides is 1. The molecule has 0 aliphatic carbocycles. The van der Waals surface area contributed by atoms with E-state index in [9.17, 15) is 9.59 Å². The van der Waals surface area contributed by atoms with E-state index in [-0.39, 0.29) is 11.9 Å². The van der Waals surface area contributed by atoms with Gasteiger partial charge in [0.15, 0.2) is 0 Å². The van der Waals surface area contributed by atoms with Gasteiger partial charge in [0.05, 0.1) is 12.2 Å². The minimum atomic E-state index is -0.381. The molecular weight excluding hydrogens is 280 g/mol. The lowest BCUT2D eigenvalue weighted by atomic mass is 10.1. The van der Waals surface area contributed by atoms with Crippen molar-refractivity contribution in [1.82, 2.24) is 0 Å². The summed E-state index contributed by atoms with van der Waals surface area (Å²) in [4.78, 5) is 23.8. The maximum Gasteiger partial charge on any atom is 0.338 e. The van der Waals surface area contributed by atoms with E-state index in [1.807, 2.05) is 12.1 Å². The second-order valence-corrected chi connectivity index (χ2v) is 4.61. The van der Waals surface area contributed by atoms with Gasteiger partial charge in [0.25, 0.3) is 5.91 Å². The zero-order valence-corrected chi connectivity index (χ0v) is 12.3. The highest BCUT2D eigenvalue weighted by molar-refractivity contribution is 6.05. The fourth-order valence-corrected chi connectivity index (χ4v) is 2.02. The van der Waals surface area contributed by atoms with Gasteiger partial charge in [0.1, 0.15) is 0 Å². The number of carbonyl (C=O) groups excluding carboxylic acids is 2. The second-order valence-electron chi connectivity index (χ2n) is 4.61. The van der Waals surface area contributed by atoms with Crippen LogP contribution in [0.15, 0.2) is 48.5 Å². The molecule has 0 unspecified atom stereocenters. The van der Waals surface area contributed by atoms with Gasteiger partial charge in [-0.3, -0.25) is 4.79 Å². The molecule has 2 aromatic rings. The summed E-state index contributed by atoms with van der Waals surface area (Å²) in [6, 6.07) is 13.7. The van der Waals surface area contributed by atoms with Crippen molar-refractivity contribution in [3.8, 4) is 0 Å². The zero-order valence-electron chi connectivity index (χ0n) is 12.3. The molecule has 2 aromatic carbocycles. The summed E-state index contributed by atoms with van der Waals surface area (Å²) in [5.74, 6) is -0.612. The van der Waals surface area contributed by atoms with Crippen molar-refractivity contribution in [3.63, 3.8) is 0 Å². The first-order chi connectivity index (χ1) is 10.7. The third kappa shape index (κ3) is 3.71. The van der Waals surface area contributed by atoms with Crippen molar-refractivity contribution < 1.29 is 14.3 Å². The lowest BCUT2D eigenvalue weighted by Gasteiger charge is -2.09. The highest BCUT2D eigenvalue weighted by atomic mass is 16.5. The Kier molecular flexibility index (Phi) is 5.27. The van der Waals surface area contributed by atoms with E-state index in [4.69, 9.17) is 10.5 Å². The summed E-state index contributed by atoms with van der Waals surface area (Å²) in [6.07, 6.45) is 0. The Morgan fingerprint density at radius 3 is 2.41 bits per heavy atom. The van der Waals surface area contributed by atoms with Crippen molar-refractivity contribution >= 4 is 17.6 Å². The molecule has 5 heteroatoms. The molecule has 0 radical (unpaired) electrons. The van der Waals surface area contributed by atoms with Crippen molar-refractivity contribution in [3.05, 3.63) is 65.2 Å². The van der Waals surface area contributed by atoms with Gasteiger partial charge in [0, 0.05) is 17.8 Å². The first-order valence-electron chi connectivity index (χ1n) is 7.02. The molecule has 22 heavy (non-hydrogen) atoms. The van der Waals surface area contributed by atoms with Gasteiger partial charge in [-0.15, -0.1) is 0 Å². The molecule has 0 aromatic heterocycles. The summed E-state index contributed by atoms with van der Waals surface area (Å²) in [6.45, 7) is 2.37. The van der Waals surface area contributed by atoms with Gasteiger partial charge in [-0.2, -0.15) is 0 Å². The highest BCUT2D eigenvalue weighted by Gasteiger charge is 2.11. The number of benzene rings is 2. The lowest BCUT2D eigenvalue weighted by molar-refractivity contribution is 0.0526. The third-order valence-corrected chi connectivity index (χ3v) is 3.14. The molecule has 0 saturated carbocycles. The maximum atomic E-state index is 12.3. The number of hydrogen-bond acceptors (Lipinski definition) is 4. The largest absolute Gasteiger partial charge is 0.462 e. The molecule has 0 bridgehead atoms. The van der Waals surface area contributed by atoms with E-state index in [0.29, 0.717) is 30.0 Å². The van der Waals surface area contributed by atoms with Crippen LogP contribution in [0, 0.1) is 0 Å². The van der Waals surface area contributed by atoms with E-state index >= 15 is 0 Å². The lowest BCUT2D eigenvalue weighted by Crippen LogP contribution is -2.15. The summed E-state index contributed by atoms with van der Waals surface area (Å²) < 4.78 is 4.91. The molecule has 0 spiro atoms. The minimum Gasteiger partial charge on any atom is -0.462 e. The van der Waals surface area contributed by atoms with Gasteiger partial charge in [-0.05, 0) is 42.8 Å². The van der Waals surface area contributed by atoms with E-state index < -0.39 is 0 Å². The number of ether oxygens (including phenoxy) is 1. The van der Waals surface area contributed by atoms with Crippen molar-refractivity contribution in [1.29, 1.82) is 0 Å². The smallest absolute Gasteiger partial charge is 0.338 e. The molecule has 5 nitrogen and oxygen atoms in total. The van der Waals surface area contributed by atoms with Crippen molar-refractivity contribution in [2.75, 3.05) is 11.9 Å². The number of hydrogen-bond donors (Lipinski definition) is 2. The van der Waals surface area contributed by atoms with Crippen LogP contribution in [0.4, 0.5) is 5.69 Å². The summed E-state index contributed by atoms with van der Waals surface area (Å²) >= 11 is 0. The molecule has 0 atom stereocenters. The molecule has 114 valence electrons. The number of anilines is 1. The predicted molar refractivity (Wildman–Crippen MR) is 84.7 cm³/mol. The monoisotopic (exact) mass is 298 g/mol. The molecular formula is C17H18N2O3. The quantitative estimate of drug-likeness (QED) is 0.831. The Hall–Kier alpha value is -2.66. The predicted octanol–water partition coefficient (Wildman–Crippen LogP) is 2.57. The summed E-state index contributed by atoms with van der Waals surface area (Å²) in [7, 11) is 0. The minimum absolute atomic E-state index is 0.232. The number of nitrogens with two attached hydrogens (primary N) is 1. The zero-order chi connectivity index (χ0) is 15.9. The van der Waals surface area contributed by atoms with Gasteiger partial charge in [0.2, 0.25) is 0 Å². The molecule has 0 heterocycles. The third-order valence-electron chi connectivity index (χ3n) is 3.14. The Morgan fingerprint density at radius 1 is 1.09 bits per heavy atom. The molecule has 2 rings (SSSR count). The average Bonchev–Trinajstić information content (AvgIpc) is 2.55. The van der Waals surface area contributed by atoms with E-state index in [1.165, 1.54) is 0 Å². The van der Waals surface area contributed by atoms with Gasteiger partial charge >= 0.3 is 5.97 Å². The maximum absolute atomic E-state index is 12.3. The average molecular weight is 298 g/mol. The standard InChI is InChI=1S/C17H18N2O3/c1-2-22-17(21)12-7-9-14(10-8-12)19-16(20)15-6-4-3-5-13(15)11-18/h3-10H,2,11,18H2,1H3,(H,19,20). The number of esters is 1. The Bertz CT molecular complexity index is 666. The molecule has 1 amide bonds. The van der Waals surface area contributed by atoms with E-state index in [1.54, 1.807) is 43.3 Å². The number of rotatable bonds is 5. The first-order valence-corrected chi connectivity index (χ1v) is 7.02. The van der Waals surface area contributed by atoms with Crippen LogP contribution in [0.25, 0.3) is 0 Å². The number of carbonyl (C=O) groups is 2. The Balaban J connectivity index is 2.10. The van der Waals surface area contributed by atoms with Crippen LogP contribution < -0.4 is 11.1 Å². The van der Waals surface area contributed by atoms with Crippen LogP contribution in [-0.4, -0.2) is 18.5 Å². The summed E-state index contributed by atoms with van der Waals surface area (Å²) in [5.41, 5.74) is 8.00. The van der Waals surface area contributed by atoms with E-state index in [2.05, 4.69) is 5.32 Å². The topological polar surface area (TPSA) is 81.4 Å². The summed E-state index contributed by atoms with van der Waals surface area (Å²) in [5, 5.41) is 2.78. The van der Waals surface area contributed by atoms with Crippen LogP contribution in [0.5, 0.6) is 0 Å². The molecule has 0 saturated heterocycles. The van der Waals surface area contributed by atoms with Crippen LogP contribution in [0.2, 0.25) is 0 Å². The van der Waals surface area contributed by atoms with Crippen molar-refractivity contribution in [2.45, 2.75) is 13.5 Å². The Morgan fingerprint density at radius 2 is 1.77 bits per heavy atom. The number of nitrogens with one attached hydrogen (secondary N) is 1. The van der Waals surface area contributed by atoms with Crippen LogP contribution >= 0.6 is 0 Å². The molecule has 0 aliphatic heterocycles. The van der Waals surface area contributed by atoms with E-state index in [0.717, 1.165) is 5.56 Å². The fourth-order valence-electron chi connectivity index (χ4n) is 2.02. The SMILES string of the molecule is CCOC(=O)c1ccc(NC(=O)c2ccccc2CN)cc1. The van der Waals surface area contributed by atoms with Gasteiger partial charge in [-0.25, -0.2) is 4.79 Å².